The van der Waals surface area contributed by atoms with E-state index < -0.39 is 12.1 Å². The third kappa shape index (κ3) is 64.1. The summed E-state index contributed by atoms with van der Waals surface area (Å²) in [6.07, 6.45) is 96.2. The Labute approximate surface area is 493 Å². The molecule has 0 fully saturated rings. The van der Waals surface area contributed by atoms with Crippen LogP contribution in [0.3, 0.4) is 0 Å². The van der Waals surface area contributed by atoms with Crippen LogP contribution in [0.15, 0.2) is 146 Å². The average Bonchev–Trinajstić information content (AvgIpc) is 3.46. The monoisotopic (exact) mass is 1100 g/mol. The number of rotatable bonds is 58. The number of hydrogen-bond acceptors (Lipinski definition) is 6. The third-order valence-electron chi connectivity index (χ3n) is 13.6. The lowest BCUT2D eigenvalue weighted by atomic mass is 10.0. The molecule has 0 aliphatic carbocycles. The van der Waals surface area contributed by atoms with Crippen LogP contribution in [-0.4, -0.2) is 37.2 Å². The molecule has 0 aromatic carbocycles. The van der Waals surface area contributed by atoms with Crippen LogP contribution >= 0.6 is 0 Å². The minimum Gasteiger partial charge on any atom is -0.462 e. The van der Waals surface area contributed by atoms with Crippen LogP contribution in [0.4, 0.5) is 0 Å². The van der Waals surface area contributed by atoms with Crippen molar-refractivity contribution in [2.24, 2.45) is 0 Å². The summed E-state index contributed by atoms with van der Waals surface area (Å²) >= 11 is 0. The van der Waals surface area contributed by atoms with E-state index in [0.717, 1.165) is 116 Å². The van der Waals surface area contributed by atoms with Crippen molar-refractivity contribution in [3.8, 4) is 0 Å². The highest BCUT2D eigenvalue weighted by molar-refractivity contribution is 5.72. The second-order valence-corrected chi connectivity index (χ2v) is 21.3. The molecule has 1 atom stereocenters. The van der Waals surface area contributed by atoms with Crippen LogP contribution in [-0.2, 0) is 28.6 Å². The Morgan fingerprint density at radius 3 is 0.838 bits per heavy atom. The molecule has 452 valence electrons. The van der Waals surface area contributed by atoms with E-state index in [0.29, 0.717) is 19.3 Å². The maximum Gasteiger partial charge on any atom is 0.310 e. The summed E-state index contributed by atoms with van der Waals surface area (Å²) in [7, 11) is 0. The van der Waals surface area contributed by atoms with Gasteiger partial charge in [0.1, 0.15) is 13.2 Å². The molecule has 0 spiro atoms. The van der Waals surface area contributed by atoms with Crippen molar-refractivity contribution < 1.29 is 28.6 Å². The Balaban J connectivity index is 4.20. The maximum atomic E-state index is 12.8. The zero-order valence-corrected chi connectivity index (χ0v) is 51.8. The number of esters is 3. The van der Waals surface area contributed by atoms with E-state index in [1.54, 1.807) is 6.08 Å². The fraction of sp³-hybridized carbons (Fsp3) is 0.635. The second-order valence-electron chi connectivity index (χ2n) is 21.3. The summed E-state index contributed by atoms with van der Waals surface area (Å²) < 4.78 is 16.8. The van der Waals surface area contributed by atoms with E-state index in [1.165, 1.54) is 122 Å². The second kappa shape index (κ2) is 66.8. The summed E-state index contributed by atoms with van der Waals surface area (Å²) in [5.74, 6) is -1.06. The lowest BCUT2D eigenvalue weighted by molar-refractivity contribution is -0.166. The van der Waals surface area contributed by atoms with Crippen LogP contribution in [0.2, 0.25) is 0 Å². The van der Waals surface area contributed by atoms with Gasteiger partial charge in [-0.2, -0.15) is 0 Å². The molecule has 6 nitrogen and oxygen atoms in total. The van der Waals surface area contributed by atoms with Crippen molar-refractivity contribution in [3.63, 3.8) is 0 Å². The number of carbonyl (C=O) groups excluding carboxylic acids is 3. The van der Waals surface area contributed by atoms with E-state index in [4.69, 9.17) is 14.2 Å². The van der Waals surface area contributed by atoms with Gasteiger partial charge in [0.15, 0.2) is 6.10 Å². The molecule has 0 N–H and O–H groups in total. The molecule has 0 rings (SSSR count). The van der Waals surface area contributed by atoms with Gasteiger partial charge >= 0.3 is 17.9 Å². The van der Waals surface area contributed by atoms with Crippen LogP contribution in [0, 0.1) is 0 Å². The molecule has 80 heavy (non-hydrogen) atoms. The smallest absolute Gasteiger partial charge is 0.310 e. The Hall–Kier alpha value is -4.71. The zero-order chi connectivity index (χ0) is 57.8. The van der Waals surface area contributed by atoms with Crippen molar-refractivity contribution in [1.29, 1.82) is 0 Å². The first kappa shape index (κ1) is 75.3. The highest BCUT2D eigenvalue weighted by Gasteiger charge is 2.19. The van der Waals surface area contributed by atoms with Crippen molar-refractivity contribution in [3.05, 3.63) is 146 Å². The fourth-order valence-electron chi connectivity index (χ4n) is 8.75. The summed E-state index contributed by atoms with van der Waals surface area (Å²) in [5, 5.41) is 0. The minimum absolute atomic E-state index is 0.0919. The van der Waals surface area contributed by atoms with Gasteiger partial charge in [0.2, 0.25) is 0 Å². The molecular formula is C74H120O6. The summed E-state index contributed by atoms with van der Waals surface area (Å²) in [5.41, 5.74) is 0. The normalized spacial score (nSPS) is 13.1. The number of unbranched alkanes of at least 4 members (excludes halogenated alkanes) is 24. The van der Waals surface area contributed by atoms with Crippen LogP contribution in [0.1, 0.15) is 284 Å². The molecule has 6 heteroatoms. The Kier molecular flexibility index (Phi) is 62.9. The fourth-order valence-corrected chi connectivity index (χ4v) is 8.75. The van der Waals surface area contributed by atoms with Crippen molar-refractivity contribution in [1.82, 2.24) is 0 Å². The van der Waals surface area contributed by atoms with Gasteiger partial charge < -0.3 is 14.2 Å². The first-order valence-electron chi connectivity index (χ1n) is 32.8. The van der Waals surface area contributed by atoms with E-state index in [2.05, 4.69) is 154 Å². The summed E-state index contributed by atoms with van der Waals surface area (Å²) in [6, 6.07) is 0. The Bertz CT molecular complexity index is 1750. The quantitative estimate of drug-likeness (QED) is 0.0261. The highest BCUT2D eigenvalue weighted by Crippen LogP contribution is 2.16. The Morgan fingerprint density at radius 1 is 0.275 bits per heavy atom. The maximum absolute atomic E-state index is 12.8. The molecule has 0 saturated carbocycles. The lowest BCUT2D eigenvalue weighted by Crippen LogP contribution is -2.30. The van der Waals surface area contributed by atoms with Crippen molar-refractivity contribution >= 4 is 17.9 Å². The number of ether oxygens (including phenoxy) is 3. The van der Waals surface area contributed by atoms with Crippen LogP contribution < -0.4 is 0 Å². The molecule has 0 heterocycles. The van der Waals surface area contributed by atoms with Crippen LogP contribution in [0.5, 0.6) is 0 Å². The predicted octanol–water partition coefficient (Wildman–Crippen LogP) is 22.7. The minimum atomic E-state index is -0.839. The van der Waals surface area contributed by atoms with E-state index in [-0.39, 0.29) is 31.6 Å². The van der Waals surface area contributed by atoms with Gasteiger partial charge in [0.05, 0.1) is 6.42 Å². The number of hydrogen-bond donors (Lipinski definition) is 0. The number of carbonyl (C=O) groups is 3. The van der Waals surface area contributed by atoms with Gasteiger partial charge in [0, 0.05) is 12.8 Å². The van der Waals surface area contributed by atoms with E-state index in [1.807, 2.05) is 6.08 Å². The first-order valence-corrected chi connectivity index (χ1v) is 32.8. The zero-order valence-electron chi connectivity index (χ0n) is 51.8. The van der Waals surface area contributed by atoms with Crippen LogP contribution in [0.25, 0.3) is 0 Å². The molecule has 0 radical (unpaired) electrons. The topological polar surface area (TPSA) is 78.9 Å². The average molecular weight is 1110 g/mol. The standard InChI is InChI=1S/C74H120O6/c1-4-7-10-13-16-19-22-25-27-28-29-30-31-32-33-34-35-36-37-38-39-40-41-42-43-44-45-46-48-49-52-55-58-61-64-67-73(76)79-70-71(69-78-72(75)66-63-60-57-54-51-24-21-18-15-12-9-6-3)80-74(77)68-65-62-59-56-53-50-47-26-23-20-17-14-11-8-5-2/h7-8,10-11,16-21,25-27,29-30,32-33,35-36,47,53,56,62,65,71H,4-6,9,12-15,22-24,28,31,34,37-46,48-52,54-55,57-61,63-64,66-70H2,1-3H3/b10-7-,11-8-,19-16-,20-17-,21-18-,27-25-,30-29-,33-32-,36-35-,47-26-,56-53-,65-62-. The van der Waals surface area contributed by atoms with E-state index >= 15 is 0 Å². The summed E-state index contributed by atoms with van der Waals surface area (Å²) in [6.45, 7) is 6.30. The SMILES string of the molecule is CC/C=C\C/C=C\C/C=C\C/C=C\C/C=C\C/C=C\CCCCCCCCCCCCCCCCCCC(=O)OCC(COC(=O)CCCCCCC/C=C\CCCCC)OC(=O)C/C=C\C/C=C\C/C=C\C/C=C\C/C=C\CC. The largest absolute Gasteiger partial charge is 0.462 e. The molecule has 0 aromatic rings. The number of allylic oxidation sites excluding steroid dienone is 23. The summed E-state index contributed by atoms with van der Waals surface area (Å²) in [4.78, 5) is 38.1. The molecule has 0 bridgehead atoms. The molecule has 0 aromatic heterocycles. The van der Waals surface area contributed by atoms with Crippen molar-refractivity contribution in [2.45, 2.75) is 290 Å². The van der Waals surface area contributed by atoms with E-state index in [9.17, 15) is 14.4 Å². The van der Waals surface area contributed by atoms with Gasteiger partial charge in [-0.1, -0.05) is 289 Å². The molecule has 0 amide bonds. The first-order chi connectivity index (χ1) is 39.5. The van der Waals surface area contributed by atoms with Crippen molar-refractivity contribution in [2.75, 3.05) is 13.2 Å². The highest BCUT2D eigenvalue weighted by atomic mass is 16.6. The molecule has 0 aliphatic heterocycles. The van der Waals surface area contributed by atoms with Gasteiger partial charge in [0.25, 0.3) is 0 Å². The lowest BCUT2D eigenvalue weighted by Gasteiger charge is -2.18. The molecular weight excluding hydrogens is 985 g/mol. The van der Waals surface area contributed by atoms with Gasteiger partial charge in [-0.25, -0.2) is 0 Å². The molecule has 0 saturated heterocycles. The van der Waals surface area contributed by atoms with Gasteiger partial charge in [-0.05, 0) is 122 Å². The van der Waals surface area contributed by atoms with Gasteiger partial charge in [-0.15, -0.1) is 0 Å². The molecule has 0 aliphatic rings. The Morgan fingerprint density at radius 2 is 0.525 bits per heavy atom. The third-order valence-corrected chi connectivity index (χ3v) is 13.6. The predicted molar refractivity (Wildman–Crippen MR) is 348 cm³/mol. The molecule has 1 unspecified atom stereocenters. The van der Waals surface area contributed by atoms with Gasteiger partial charge in [-0.3, -0.25) is 14.4 Å².